The van der Waals surface area contributed by atoms with Gasteiger partial charge in [0.25, 0.3) is 0 Å². The van der Waals surface area contributed by atoms with Gasteiger partial charge < -0.3 is 10.6 Å². The lowest BCUT2D eigenvalue weighted by molar-refractivity contribution is 0.683. The highest BCUT2D eigenvalue weighted by Gasteiger charge is 2.15. The molecule has 29 heavy (non-hydrogen) atoms. The van der Waals surface area contributed by atoms with Crippen LogP contribution < -0.4 is 10.6 Å². The molecule has 1 rings (SSSR count). The van der Waals surface area contributed by atoms with Crippen molar-refractivity contribution in [3.05, 3.63) is 54.3 Å². The zero-order chi connectivity index (χ0) is 21.7. The zero-order valence-corrected chi connectivity index (χ0v) is 20.2. The number of thioether (sulfide) groups is 1. The van der Waals surface area contributed by atoms with E-state index < -0.39 is 0 Å². The molecule has 0 aliphatic carbocycles. The second-order valence-electron chi connectivity index (χ2n) is 8.05. The number of aliphatic imine (C=N–C) groups is 1. The Kier molecular flexibility index (Phi) is 11.8. The average Bonchev–Trinajstić information content (AvgIpc) is 2.71. The van der Waals surface area contributed by atoms with Crippen LogP contribution in [0.2, 0.25) is 0 Å². The number of hydrogen-bond acceptors (Lipinski definition) is 2. The van der Waals surface area contributed by atoms with Gasteiger partial charge in [-0.2, -0.15) is 11.8 Å². The van der Waals surface area contributed by atoms with Crippen molar-refractivity contribution in [2.75, 3.05) is 12.3 Å². The van der Waals surface area contributed by atoms with E-state index in [1.165, 1.54) is 18.4 Å². The first kappa shape index (κ1) is 25.4. The zero-order valence-electron chi connectivity index (χ0n) is 19.3. The third-order valence-corrected chi connectivity index (χ3v) is 6.55. The van der Waals surface area contributed by atoms with Gasteiger partial charge in [0.2, 0.25) is 5.96 Å². The number of guanidine groups is 1. The van der Waals surface area contributed by atoms with E-state index >= 15 is 0 Å². The molecule has 0 fully saturated rings. The second kappa shape index (κ2) is 13.5. The molecule has 0 saturated carbocycles. The third kappa shape index (κ3) is 10.6. The number of rotatable bonds is 12. The number of benzene rings is 1. The predicted molar refractivity (Wildman–Crippen MR) is 133 cm³/mol. The summed E-state index contributed by atoms with van der Waals surface area (Å²) in [7, 11) is 0. The third-order valence-electron chi connectivity index (χ3n) is 5.08. The summed E-state index contributed by atoms with van der Waals surface area (Å²) in [5, 5.41) is 6.92. The van der Waals surface area contributed by atoms with Crippen molar-refractivity contribution >= 4 is 23.4 Å². The highest BCUT2D eigenvalue weighted by Crippen LogP contribution is 2.26. The Hall–Kier alpha value is -1.68. The molecular weight excluding hydrogens is 374 g/mol. The molecule has 2 N–H and O–H groups in total. The van der Waals surface area contributed by atoms with Crippen molar-refractivity contribution in [1.29, 1.82) is 0 Å². The molecule has 0 bridgehead atoms. The molecule has 0 aliphatic rings. The summed E-state index contributed by atoms with van der Waals surface area (Å²) in [6.45, 7) is 18.6. The van der Waals surface area contributed by atoms with E-state index in [1.54, 1.807) is 0 Å². The minimum atomic E-state index is 0.257. The minimum Gasteiger partial charge on any atom is -0.355 e. The van der Waals surface area contributed by atoms with Gasteiger partial charge in [-0.05, 0) is 31.4 Å². The number of nitrogens with zero attached hydrogens (tertiary/aromatic N) is 1. The molecule has 0 heterocycles. The first-order valence-electron chi connectivity index (χ1n) is 11.0. The van der Waals surface area contributed by atoms with Crippen LogP contribution in [-0.4, -0.2) is 23.0 Å². The summed E-state index contributed by atoms with van der Waals surface area (Å²) >= 11 is 1.99. The van der Waals surface area contributed by atoms with Gasteiger partial charge in [0, 0.05) is 28.7 Å². The largest absolute Gasteiger partial charge is 0.355 e. The molecule has 0 radical (unpaired) electrons. The van der Waals surface area contributed by atoms with Gasteiger partial charge in [0.1, 0.15) is 0 Å². The molecule has 4 heteroatoms. The Morgan fingerprint density at radius 3 is 2.48 bits per heavy atom. The van der Waals surface area contributed by atoms with Gasteiger partial charge in [0.15, 0.2) is 0 Å². The van der Waals surface area contributed by atoms with Crippen LogP contribution in [0, 0.1) is 5.92 Å². The van der Waals surface area contributed by atoms with Gasteiger partial charge in [-0.15, -0.1) is 0 Å². The number of allylic oxidation sites excluding steroid dienone is 2. The molecule has 0 aromatic heterocycles. The predicted octanol–water partition coefficient (Wildman–Crippen LogP) is 7.06. The van der Waals surface area contributed by atoms with E-state index in [4.69, 9.17) is 4.99 Å². The SMILES string of the molecule is C=C(N/C(=N/c1ccccc1)NCCSC(C)(C)CC)C(C)/C=C(/CC)CCC. The fourth-order valence-corrected chi connectivity index (χ4v) is 3.72. The van der Waals surface area contributed by atoms with Gasteiger partial charge in [-0.1, -0.05) is 84.4 Å². The van der Waals surface area contributed by atoms with E-state index in [2.05, 4.69) is 64.8 Å². The van der Waals surface area contributed by atoms with Crippen LogP contribution in [0.4, 0.5) is 5.69 Å². The Morgan fingerprint density at radius 1 is 1.21 bits per heavy atom. The summed E-state index contributed by atoms with van der Waals surface area (Å²) in [5.41, 5.74) is 3.40. The minimum absolute atomic E-state index is 0.257. The van der Waals surface area contributed by atoms with E-state index in [0.717, 1.165) is 42.5 Å². The lowest BCUT2D eigenvalue weighted by Crippen LogP contribution is -2.39. The summed E-state index contributed by atoms with van der Waals surface area (Å²) in [5.74, 6) is 2.06. The van der Waals surface area contributed by atoms with E-state index in [9.17, 15) is 0 Å². The molecule has 0 spiro atoms. The van der Waals surface area contributed by atoms with Crippen LogP contribution >= 0.6 is 11.8 Å². The van der Waals surface area contributed by atoms with Crippen LogP contribution in [0.3, 0.4) is 0 Å². The van der Waals surface area contributed by atoms with Gasteiger partial charge in [-0.3, -0.25) is 0 Å². The smallest absolute Gasteiger partial charge is 0.200 e. The standard InChI is InChI=1S/C25H41N3S/c1-8-14-22(9-2)19-20(4)21(5)27-24(28-23-15-12-11-13-16-23)26-17-18-29-25(6,7)10-3/h11-13,15-16,19-20H,5,8-10,14,17-18H2,1-4,6-7H3,(H2,26,27,28)/b22-19-. The molecule has 0 aliphatic heterocycles. The van der Waals surface area contributed by atoms with Crippen LogP contribution in [0.1, 0.15) is 67.2 Å². The summed E-state index contributed by atoms with van der Waals surface area (Å²) in [4.78, 5) is 4.77. The van der Waals surface area contributed by atoms with Crippen molar-refractivity contribution in [1.82, 2.24) is 10.6 Å². The van der Waals surface area contributed by atoms with Crippen LogP contribution in [-0.2, 0) is 0 Å². The van der Waals surface area contributed by atoms with Crippen LogP contribution in [0.25, 0.3) is 0 Å². The Labute approximate surface area is 183 Å². The second-order valence-corrected chi connectivity index (χ2v) is 9.85. The highest BCUT2D eigenvalue weighted by molar-refractivity contribution is 8.00. The van der Waals surface area contributed by atoms with E-state index in [0.29, 0.717) is 4.75 Å². The molecule has 1 aromatic rings. The fraction of sp³-hybridized carbons (Fsp3) is 0.560. The number of para-hydroxylation sites is 1. The molecule has 1 aromatic carbocycles. The summed E-state index contributed by atoms with van der Waals surface area (Å²) < 4.78 is 0.310. The lowest BCUT2D eigenvalue weighted by atomic mass is 10.00. The van der Waals surface area contributed by atoms with Crippen molar-refractivity contribution in [3.8, 4) is 0 Å². The van der Waals surface area contributed by atoms with Gasteiger partial charge >= 0.3 is 0 Å². The summed E-state index contributed by atoms with van der Waals surface area (Å²) in [6, 6.07) is 10.1. The molecule has 0 saturated heterocycles. The van der Waals surface area contributed by atoms with E-state index in [-0.39, 0.29) is 5.92 Å². The van der Waals surface area contributed by atoms with Crippen molar-refractivity contribution in [2.24, 2.45) is 10.9 Å². The first-order chi connectivity index (χ1) is 13.8. The van der Waals surface area contributed by atoms with Crippen molar-refractivity contribution in [3.63, 3.8) is 0 Å². The molecule has 1 atom stereocenters. The molecule has 1 unspecified atom stereocenters. The maximum absolute atomic E-state index is 4.77. The highest BCUT2D eigenvalue weighted by atomic mass is 32.2. The quantitative estimate of drug-likeness (QED) is 0.166. The normalized spacial score (nSPS) is 13.9. The van der Waals surface area contributed by atoms with Crippen LogP contribution in [0.5, 0.6) is 0 Å². The number of hydrogen-bond donors (Lipinski definition) is 2. The average molecular weight is 416 g/mol. The maximum Gasteiger partial charge on any atom is 0.200 e. The van der Waals surface area contributed by atoms with Crippen molar-refractivity contribution in [2.45, 2.75) is 72.0 Å². The molecule has 0 amide bonds. The fourth-order valence-electron chi connectivity index (χ4n) is 2.76. The summed E-state index contributed by atoms with van der Waals surface area (Å²) in [6.07, 6.45) is 6.94. The lowest BCUT2D eigenvalue weighted by Gasteiger charge is -2.22. The van der Waals surface area contributed by atoms with Gasteiger partial charge in [-0.25, -0.2) is 4.99 Å². The first-order valence-corrected chi connectivity index (χ1v) is 12.0. The monoisotopic (exact) mass is 415 g/mol. The number of nitrogens with one attached hydrogen (secondary N) is 2. The van der Waals surface area contributed by atoms with Crippen molar-refractivity contribution < 1.29 is 0 Å². The van der Waals surface area contributed by atoms with Crippen LogP contribution in [0.15, 0.2) is 59.2 Å². The molecule has 3 nitrogen and oxygen atoms in total. The Balaban J connectivity index is 2.81. The van der Waals surface area contributed by atoms with E-state index in [1.807, 2.05) is 42.1 Å². The Morgan fingerprint density at radius 2 is 1.90 bits per heavy atom. The maximum atomic E-state index is 4.77. The topological polar surface area (TPSA) is 36.4 Å². The molecule has 162 valence electrons. The molecular formula is C25H41N3S. The van der Waals surface area contributed by atoms with Gasteiger partial charge in [0.05, 0.1) is 5.69 Å². The Bertz CT molecular complexity index is 662.